The maximum absolute atomic E-state index is 14.0. The molecule has 3 heterocycles. The van der Waals surface area contributed by atoms with Crippen LogP contribution in [0.15, 0.2) is 11.1 Å². The molecule has 3 aliphatic rings. The predicted octanol–water partition coefficient (Wildman–Crippen LogP) is 4.78. The minimum Gasteiger partial charge on any atom is -0.481 e. The Balaban J connectivity index is 1.76. The summed E-state index contributed by atoms with van der Waals surface area (Å²) in [6, 6.07) is 2.05. The first-order valence-electron chi connectivity index (χ1n) is 13.5. The predicted molar refractivity (Wildman–Crippen MR) is 139 cm³/mol. The molecule has 2 aliphatic heterocycles. The van der Waals surface area contributed by atoms with Gasteiger partial charge < -0.3 is 20.0 Å². The van der Waals surface area contributed by atoms with Gasteiger partial charge in [-0.3, -0.25) is 9.59 Å². The number of anilines is 1. The van der Waals surface area contributed by atoms with Gasteiger partial charge in [0.05, 0.1) is 16.5 Å². The fourth-order valence-electron chi connectivity index (χ4n) is 5.77. The maximum Gasteiger partial charge on any atom is 0.306 e. The number of amides is 1. The molecule has 1 aliphatic carbocycles. The lowest BCUT2D eigenvalue weighted by molar-refractivity contribution is -0.143. The largest absolute Gasteiger partial charge is 0.481 e. The summed E-state index contributed by atoms with van der Waals surface area (Å²) >= 11 is 1.80. The Morgan fingerprint density at radius 3 is 2.43 bits per heavy atom. The van der Waals surface area contributed by atoms with Gasteiger partial charge in [-0.25, -0.2) is 4.98 Å². The number of nitrogens with zero attached hydrogens (tertiary/aromatic N) is 3. The van der Waals surface area contributed by atoms with Crippen LogP contribution in [0.25, 0.3) is 0 Å². The monoisotopic (exact) mass is 503 g/mol. The van der Waals surface area contributed by atoms with E-state index in [0.717, 1.165) is 62.3 Å². The van der Waals surface area contributed by atoms with Gasteiger partial charge in [-0.1, -0.05) is 26.7 Å². The number of piperidine rings is 2. The van der Waals surface area contributed by atoms with Crippen molar-refractivity contribution in [3.05, 3.63) is 17.2 Å². The minimum atomic E-state index is -0.769. The number of aromatic nitrogens is 1. The van der Waals surface area contributed by atoms with Gasteiger partial charge >= 0.3 is 5.97 Å². The van der Waals surface area contributed by atoms with Crippen molar-refractivity contribution in [2.45, 2.75) is 87.8 Å². The number of carboxylic acid groups (broad SMARTS) is 1. The summed E-state index contributed by atoms with van der Waals surface area (Å²) in [5, 5.41) is 21.2. The molecule has 1 saturated carbocycles. The number of carbonyl (C=O) groups excluding carboxylic acids is 1. The van der Waals surface area contributed by atoms with E-state index in [9.17, 15) is 19.8 Å². The number of likely N-dealkylation sites (tertiary alicyclic amines) is 1. The van der Waals surface area contributed by atoms with Crippen molar-refractivity contribution in [2.75, 3.05) is 37.7 Å². The van der Waals surface area contributed by atoms with Crippen LogP contribution >= 0.6 is 11.8 Å². The molecule has 1 aromatic rings. The van der Waals surface area contributed by atoms with E-state index in [2.05, 4.69) is 4.90 Å². The molecule has 8 heteroatoms. The lowest BCUT2D eigenvalue weighted by Gasteiger charge is -2.38. The maximum atomic E-state index is 14.0. The number of aliphatic carboxylic acids is 1. The number of aliphatic hydroxyl groups excluding tert-OH is 1. The van der Waals surface area contributed by atoms with Crippen molar-refractivity contribution in [3.8, 4) is 0 Å². The molecule has 3 fully saturated rings. The molecule has 2 unspecified atom stereocenters. The Hall–Kier alpha value is -1.80. The fraction of sp³-hybridized carbons (Fsp3) is 0.741. The first kappa shape index (κ1) is 26.3. The average molecular weight is 504 g/mol. The van der Waals surface area contributed by atoms with Crippen molar-refractivity contribution in [3.63, 3.8) is 0 Å². The highest BCUT2D eigenvalue weighted by molar-refractivity contribution is 7.99. The third kappa shape index (κ3) is 6.13. The fourth-order valence-corrected chi connectivity index (χ4v) is 7.01. The Morgan fingerprint density at radius 1 is 1.06 bits per heavy atom. The summed E-state index contributed by atoms with van der Waals surface area (Å²) in [4.78, 5) is 34.9. The van der Waals surface area contributed by atoms with E-state index in [1.54, 1.807) is 18.7 Å². The van der Waals surface area contributed by atoms with Gasteiger partial charge in [-0.2, -0.15) is 0 Å². The number of hydrogen-bond acceptors (Lipinski definition) is 6. The average Bonchev–Trinajstić information content (AvgIpc) is 3.40. The van der Waals surface area contributed by atoms with Crippen molar-refractivity contribution in [1.29, 1.82) is 0 Å². The zero-order valence-electron chi connectivity index (χ0n) is 21.2. The molecule has 4 rings (SSSR count). The summed E-state index contributed by atoms with van der Waals surface area (Å²) in [6.07, 6.45) is 9.78. The molecular weight excluding hydrogens is 462 g/mol. The van der Waals surface area contributed by atoms with Crippen molar-refractivity contribution < 1.29 is 19.8 Å². The number of rotatable bonds is 8. The highest BCUT2D eigenvalue weighted by Crippen LogP contribution is 2.39. The summed E-state index contributed by atoms with van der Waals surface area (Å²) in [7, 11) is 0. The quantitative estimate of drug-likeness (QED) is 0.527. The van der Waals surface area contributed by atoms with Crippen LogP contribution in [0.1, 0.15) is 93.5 Å². The zero-order valence-corrected chi connectivity index (χ0v) is 22.1. The van der Waals surface area contributed by atoms with E-state index >= 15 is 0 Å². The molecule has 35 heavy (non-hydrogen) atoms. The molecule has 0 radical (unpaired) electrons. The van der Waals surface area contributed by atoms with E-state index in [1.165, 1.54) is 25.7 Å². The van der Waals surface area contributed by atoms with Crippen LogP contribution in [0.2, 0.25) is 0 Å². The van der Waals surface area contributed by atoms with E-state index < -0.39 is 11.9 Å². The highest BCUT2D eigenvalue weighted by atomic mass is 32.2. The van der Waals surface area contributed by atoms with Crippen molar-refractivity contribution in [2.24, 2.45) is 11.8 Å². The van der Waals surface area contributed by atoms with Crippen LogP contribution in [-0.4, -0.2) is 70.0 Å². The number of aliphatic hydroxyl groups is 1. The smallest absolute Gasteiger partial charge is 0.306 e. The zero-order chi connectivity index (χ0) is 24.9. The van der Waals surface area contributed by atoms with Gasteiger partial charge in [-0.05, 0) is 62.5 Å². The molecule has 1 aromatic heterocycles. The molecule has 3 atom stereocenters. The summed E-state index contributed by atoms with van der Waals surface area (Å²) < 4.78 is 0. The molecular formula is C27H41N3O4S. The normalized spacial score (nSPS) is 23.3. The van der Waals surface area contributed by atoms with Crippen LogP contribution < -0.4 is 4.90 Å². The molecule has 194 valence electrons. The van der Waals surface area contributed by atoms with Crippen LogP contribution in [0.3, 0.4) is 0 Å². The lowest BCUT2D eigenvalue weighted by atomic mass is 9.86. The Bertz CT molecular complexity index is 899. The van der Waals surface area contributed by atoms with Crippen molar-refractivity contribution >= 4 is 29.5 Å². The molecule has 0 aromatic carbocycles. The van der Waals surface area contributed by atoms with E-state index in [1.807, 2.05) is 17.9 Å². The van der Waals surface area contributed by atoms with Gasteiger partial charge in [0.2, 0.25) is 0 Å². The number of carbonyl (C=O) groups is 2. The van der Waals surface area contributed by atoms with E-state index in [-0.39, 0.29) is 24.3 Å². The number of carboxylic acids is 1. The van der Waals surface area contributed by atoms with E-state index in [0.29, 0.717) is 23.2 Å². The van der Waals surface area contributed by atoms with Gasteiger partial charge in [0.15, 0.2) is 0 Å². The second kappa shape index (κ2) is 12.0. The van der Waals surface area contributed by atoms with Crippen LogP contribution in [0.5, 0.6) is 0 Å². The third-order valence-electron chi connectivity index (χ3n) is 8.11. The summed E-state index contributed by atoms with van der Waals surface area (Å²) in [5.74, 6) is -0.664. The van der Waals surface area contributed by atoms with Gasteiger partial charge in [0.1, 0.15) is 5.82 Å². The summed E-state index contributed by atoms with van der Waals surface area (Å²) in [5.41, 5.74) is 1.50. The number of hydrogen-bond donors (Lipinski definition) is 2. The molecule has 0 spiro atoms. The number of thioether (sulfide) groups is 1. The lowest BCUT2D eigenvalue weighted by Crippen LogP contribution is -2.42. The Morgan fingerprint density at radius 2 is 1.77 bits per heavy atom. The van der Waals surface area contributed by atoms with E-state index in [4.69, 9.17) is 4.98 Å². The molecule has 0 bridgehead atoms. The van der Waals surface area contributed by atoms with Gasteiger partial charge in [-0.15, -0.1) is 11.8 Å². The molecule has 2 N–H and O–H groups in total. The van der Waals surface area contributed by atoms with Gasteiger partial charge in [0, 0.05) is 44.0 Å². The highest BCUT2D eigenvalue weighted by Gasteiger charge is 2.34. The first-order chi connectivity index (χ1) is 16.9. The molecule has 1 amide bonds. The van der Waals surface area contributed by atoms with Crippen LogP contribution in [0.4, 0.5) is 5.82 Å². The second-order valence-corrected chi connectivity index (χ2v) is 12.0. The Labute approximate surface area is 213 Å². The second-order valence-electron chi connectivity index (χ2n) is 10.7. The molecule has 7 nitrogen and oxygen atoms in total. The topological polar surface area (TPSA) is 94.0 Å². The van der Waals surface area contributed by atoms with Crippen molar-refractivity contribution in [1.82, 2.24) is 9.88 Å². The molecule has 2 saturated heterocycles. The van der Waals surface area contributed by atoms with Gasteiger partial charge in [0.25, 0.3) is 5.91 Å². The summed E-state index contributed by atoms with van der Waals surface area (Å²) in [6.45, 7) is 6.59. The van der Waals surface area contributed by atoms with Crippen LogP contribution in [-0.2, 0) is 4.79 Å². The van der Waals surface area contributed by atoms with Crippen LogP contribution in [0, 0.1) is 11.8 Å². The minimum absolute atomic E-state index is 0.00771. The SMILES string of the molecule is CC(CO)c1cc(SC2CCCC2)nc(N2CCC[C@@H](C(C)C(=O)O)C2)c1C(=O)N1CCCCC1. The number of pyridine rings is 1. The standard InChI is InChI=1S/C27H41N3O4S/c1-18(17-31)22-15-23(35-21-10-4-5-11-21)28-25(24(22)26(32)29-12-6-3-7-13-29)30-14-8-9-20(16-30)19(2)27(33)34/h15,18-21,31H,3-14,16-17H2,1-2H3,(H,33,34)/t18?,19?,20-/m1/s1. The third-order valence-corrected chi connectivity index (χ3v) is 9.37. The first-order valence-corrected chi connectivity index (χ1v) is 14.4. The Kier molecular flexibility index (Phi) is 8.97.